The van der Waals surface area contributed by atoms with Crippen LogP contribution in [0.3, 0.4) is 0 Å². The van der Waals surface area contributed by atoms with Gasteiger partial charge in [-0.1, -0.05) is 12.1 Å². The third-order valence-electron chi connectivity index (χ3n) is 4.59. The van der Waals surface area contributed by atoms with Crippen molar-refractivity contribution in [1.82, 2.24) is 15.1 Å². The molecule has 0 saturated carbocycles. The molecule has 0 spiro atoms. The maximum Gasteiger partial charge on any atom is 0.101 e. The van der Waals surface area contributed by atoms with Gasteiger partial charge in [-0.15, -0.1) is 0 Å². The van der Waals surface area contributed by atoms with Gasteiger partial charge in [0.1, 0.15) is 6.07 Å². The number of nitriles is 1. The number of aromatic nitrogens is 2. The molecule has 1 aliphatic heterocycles. The second-order valence-electron chi connectivity index (χ2n) is 6.40. The minimum atomic E-state index is 0.419. The summed E-state index contributed by atoms with van der Waals surface area (Å²) in [4.78, 5) is 2.32. The van der Waals surface area contributed by atoms with Crippen LogP contribution in [0.25, 0.3) is 0 Å². The summed E-state index contributed by atoms with van der Waals surface area (Å²) in [5.74, 6) is 0. The van der Waals surface area contributed by atoms with E-state index < -0.39 is 0 Å². The molecule has 1 fully saturated rings. The lowest BCUT2D eigenvalue weighted by Crippen LogP contribution is -2.45. The van der Waals surface area contributed by atoms with Crippen molar-refractivity contribution < 1.29 is 4.74 Å². The fourth-order valence-corrected chi connectivity index (χ4v) is 3.27. The van der Waals surface area contributed by atoms with Gasteiger partial charge in [-0.2, -0.15) is 10.4 Å². The minimum Gasteiger partial charge on any atom is -0.383 e. The van der Waals surface area contributed by atoms with Crippen molar-refractivity contribution in [1.29, 1.82) is 5.26 Å². The van der Waals surface area contributed by atoms with Crippen LogP contribution in [0.4, 0.5) is 5.69 Å². The van der Waals surface area contributed by atoms with Gasteiger partial charge in [-0.05, 0) is 25.0 Å². The highest BCUT2D eigenvalue weighted by atomic mass is 16.5. The summed E-state index contributed by atoms with van der Waals surface area (Å²) in [6.45, 7) is 4.19. The molecule has 1 aliphatic rings. The number of hydrogen-bond donors (Lipinski definition) is 1. The molecule has 1 N–H and O–H groups in total. The standard InChI is InChI=1S/C19H25N5O/c1-25-10-9-24-14-16(13-22-24)12-21-18-6-4-8-23(15-18)19-7-3-2-5-17(19)11-20/h2-3,5,7,13-14,18,21H,4,6,8-10,12,15H2,1H3. The van der Waals surface area contributed by atoms with E-state index in [0.29, 0.717) is 12.6 Å². The fourth-order valence-electron chi connectivity index (χ4n) is 3.27. The van der Waals surface area contributed by atoms with Crippen LogP contribution < -0.4 is 10.2 Å². The molecular weight excluding hydrogens is 314 g/mol. The van der Waals surface area contributed by atoms with Gasteiger partial charge < -0.3 is 15.0 Å². The van der Waals surface area contributed by atoms with Crippen molar-refractivity contribution in [2.24, 2.45) is 0 Å². The third kappa shape index (κ3) is 4.59. The molecule has 0 bridgehead atoms. The lowest BCUT2D eigenvalue weighted by atomic mass is 10.0. The van der Waals surface area contributed by atoms with Crippen molar-refractivity contribution in [3.05, 3.63) is 47.8 Å². The van der Waals surface area contributed by atoms with Gasteiger partial charge in [0, 0.05) is 44.5 Å². The first kappa shape index (κ1) is 17.5. The lowest BCUT2D eigenvalue weighted by Gasteiger charge is -2.35. The molecule has 0 radical (unpaired) electrons. The van der Waals surface area contributed by atoms with Crippen molar-refractivity contribution >= 4 is 5.69 Å². The van der Waals surface area contributed by atoms with Crippen LogP contribution in [0.5, 0.6) is 0 Å². The summed E-state index contributed by atoms with van der Waals surface area (Å²) in [7, 11) is 1.70. The first-order valence-corrected chi connectivity index (χ1v) is 8.78. The number of para-hydroxylation sites is 1. The van der Waals surface area contributed by atoms with Crippen LogP contribution >= 0.6 is 0 Å². The second kappa shape index (κ2) is 8.65. The number of anilines is 1. The lowest BCUT2D eigenvalue weighted by molar-refractivity contribution is 0.183. The molecule has 1 aromatic heterocycles. The third-order valence-corrected chi connectivity index (χ3v) is 4.59. The molecule has 6 heteroatoms. The molecule has 0 aliphatic carbocycles. The Balaban J connectivity index is 1.55. The molecule has 6 nitrogen and oxygen atoms in total. The highest BCUT2D eigenvalue weighted by Gasteiger charge is 2.21. The van der Waals surface area contributed by atoms with Crippen molar-refractivity contribution in [2.45, 2.75) is 32.0 Å². The number of piperidine rings is 1. The van der Waals surface area contributed by atoms with E-state index in [4.69, 9.17) is 4.74 Å². The topological polar surface area (TPSA) is 66.1 Å². The smallest absolute Gasteiger partial charge is 0.101 e. The van der Waals surface area contributed by atoms with E-state index >= 15 is 0 Å². The SMILES string of the molecule is COCCn1cc(CNC2CCCN(c3ccccc3C#N)C2)cn1. The van der Waals surface area contributed by atoms with Gasteiger partial charge >= 0.3 is 0 Å². The first-order chi connectivity index (χ1) is 12.3. The minimum absolute atomic E-state index is 0.419. The Morgan fingerprint density at radius 2 is 2.28 bits per heavy atom. The van der Waals surface area contributed by atoms with Gasteiger partial charge in [0.2, 0.25) is 0 Å². The average Bonchev–Trinajstić information content (AvgIpc) is 3.13. The van der Waals surface area contributed by atoms with E-state index in [1.165, 1.54) is 5.56 Å². The number of nitrogens with zero attached hydrogens (tertiary/aromatic N) is 4. The Bertz CT molecular complexity index is 721. The molecule has 132 valence electrons. The number of benzene rings is 1. The zero-order valence-electron chi connectivity index (χ0n) is 14.7. The van der Waals surface area contributed by atoms with E-state index in [1.54, 1.807) is 7.11 Å². The highest BCUT2D eigenvalue weighted by Crippen LogP contribution is 2.23. The Labute approximate surface area is 149 Å². The normalized spacial score (nSPS) is 17.4. The molecule has 2 aromatic rings. The predicted molar refractivity (Wildman–Crippen MR) is 97.3 cm³/mol. The van der Waals surface area contributed by atoms with Crippen LogP contribution in [-0.2, 0) is 17.8 Å². The van der Waals surface area contributed by atoms with Crippen molar-refractivity contribution in [2.75, 3.05) is 31.7 Å². The molecule has 1 saturated heterocycles. The van der Waals surface area contributed by atoms with Crippen LogP contribution in [0, 0.1) is 11.3 Å². The number of rotatable bonds is 7. The van der Waals surface area contributed by atoms with E-state index in [0.717, 1.165) is 50.3 Å². The molecular formula is C19H25N5O. The summed E-state index contributed by atoms with van der Waals surface area (Å²) >= 11 is 0. The Morgan fingerprint density at radius 1 is 1.40 bits per heavy atom. The molecule has 2 heterocycles. The van der Waals surface area contributed by atoms with E-state index in [2.05, 4.69) is 27.6 Å². The molecule has 3 rings (SSSR count). The Kier molecular flexibility index (Phi) is 6.04. The van der Waals surface area contributed by atoms with Gasteiger partial charge in [0.05, 0.1) is 30.6 Å². The van der Waals surface area contributed by atoms with Crippen molar-refractivity contribution in [3.8, 4) is 6.07 Å². The van der Waals surface area contributed by atoms with Crippen LogP contribution in [0.1, 0.15) is 24.0 Å². The molecule has 25 heavy (non-hydrogen) atoms. The Morgan fingerprint density at radius 3 is 3.12 bits per heavy atom. The average molecular weight is 339 g/mol. The summed E-state index contributed by atoms with van der Waals surface area (Å²) < 4.78 is 6.99. The largest absolute Gasteiger partial charge is 0.383 e. The van der Waals surface area contributed by atoms with Crippen LogP contribution in [0.2, 0.25) is 0 Å². The summed E-state index contributed by atoms with van der Waals surface area (Å²) in [5.41, 5.74) is 2.98. The fraction of sp³-hybridized carbons (Fsp3) is 0.474. The second-order valence-corrected chi connectivity index (χ2v) is 6.40. The number of hydrogen-bond acceptors (Lipinski definition) is 5. The van der Waals surface area contributed by atoms with E-state index in [1.807, 2.05) is 35.1 Å². The number of nitrogens with one attached hydrogen (secondary N) is 1. The summed E-state index contributed by atoms with van der Waals surface area (Å²) in [6, 6.07) is 10.6. The maximum absolute atomic E-state index is 9.32. The van der Waals surface area contributed by atoms with Gasteiger partial charge in [-0.3, -0.25) is 4.68 Å². The van der Waals surface area contributed by atoms with E-state index in [-0.39, 0.29) is 0 Å². The first-order valence-electron chi connectivity index (χ1n) is 8.78. The molecule has 1 aromatic carbocycles. The van der Waals surface area contributed by atoms with Crippen LogP contribution in [-0.4, -0.2) is 42.6 Å². The quantitative estimate of drug-likeness (QED) is 0.837. The number of methoxy groups -OCH3 is 1. The van der Waals surface area contributed by atoms with Crippen molar-refractivity contribution in [3.63, 3.8) is 0 Å². The van der Waals surface area contributed by atoms with Gasteiger partial charge in [-0.25, -0.2) is 0 Å². The van der Waals surface area contributed by atoms with Gasteiger partial charge in [0.15, 0.2) is 0 Å². The maximum atomic E-state index is 9.32. The van der Waals surface area contributed by atoms with E-state index in [9.17, 15) is 5.26 Å². The van der Waals surface area contributed by atoms with Crippen LogP contribution in [0.15, 0.2) is 36.7 Å². The summed E-state index contributed by atoms with van der Waals surface area (Å²) in [5, 5.41) is 17.3. The monoisotopic (exact) mass is 339 g/mol. The molecule has 1 unspecified atom stereocenters. The molecule has 0 amide bonds. The van der Waals surface area contributed by atoms with Gasteiger partial charge in [0.25, 0.3) is 0 Å². The summed E-state index contributed by atoms with van der Waals surface area (Å²) in [6.07, 6.45) is 6.26. The Hall–Kier alpha value is -2.36. The zero-order valence-corrected chi connectivity index (χ0v) is 14.7. The number of ether oxygens (including phenoxy) is 1. The molecule has 1 atom stereocenters. The highest BCUT2D eigenvalue weighted by molar-refractivity contribution is 5.59. The predicted octanol–water partition coefficient (Wildman–Crippen LogP) is 2.16. The zero-order chi connectivity index (χ0) is 17.5.